The van der Waals surface area contributed by atoms with E-state index < -0.39 is 9.71 Å². The van der Waals surface area contributed by atoms with Gasteiger partial charge in [-0.3, -0.25) is 0 Å². The first-order valence-electron chi connectivity index (χ1n) is 11.3. The molecular weight excluding hydrogens is 455 g/mol. The standard InChI is InChI=1S/C25H31FN4O3S/c1-16-11-20(30-34(3,4)31)14-22-24(16)25(28-15-27-22)29-21-6-5-19(26)13-23(21)33-17(2)12-18-7-9-32-10-8-18/h5-6,11,13-15,17-18H,3,7-10,12H2,1-2,4H3,(H,30,31)(H,27,28,29). The van der Waals surface area contributed by atoms with Crippen LogP contribution in [0.3, 0.4) is 0 Å². The summed E-state index contributed by atoms with van der Waals surface area (Å²) in [6, 6.07) is 8.13. The molecule has 4 rings (SSSR count). The molecule has 0 saturated carbocycles. The molecule has 9 heteroatoms. The van der Waals surface area contributed by atoms with E-state index in [9.17, 15) is 8.60 Å². The lowest BCUT2D eigenvalue weighted by atomic mass is 9.94. The molecule has 34 heavy (non-hydrogen) atoms. The number of nitrogens with one attached hydrogen (secondary N) is 2. The quantitative estimate of drug-likeness (QED) is 0.432. The highest BCUT2D eigenvalue weighted by molar-refractivity contribution is 8.00. The summed E-state index contributed by atoms with van der Waals surface area (Å²) in [6.07, 6.45) is 5.85. The second-order valence-corrected chi connectivity index (χ2v) is 11.2. The van der Waals surface area contributed by atoms with Crippen molar-refractivity contribution in [2.45, 2.75) is 39.2 Å². The van der Waals surface area contributed by atoms with Gasteiger partial charge in [-0.1, -0.05) is 0 Å². The molecule has 2 N–H and O–H groups in total. The molecule has 1 fully saturated rings. The van der Waals surface area contributed by atoms with Crippen molar-refractivity contribution in [3.05, 3.63) is 48.0 Å². The van der Waals surface area contributed by atoms with Crippen molar-refractivity contribution < 1.29 is 18.1 Å². The summed E-state index contributed by atoms with van der Waals surface area (Å²) in [5, 5.41) is 4.12. The third-order valence-electron chi connectivity index (χ3n) is 5.80. The van der Waals surface area contributed by atoms with Gasteiger partial charge in [-0.2, -0.15) is 0 Å². The van der Waals surface area contributed by atoms with Crippen molar-refractivity contribution >= 4 is 43.7 Å². The minimum Gasteiger partial charge on any atom is -0.488 e. The fourth-order valence-electron chi connectivity index (χ4n) is 4.34. The predicted molar refractivity (Wildman–Crippen MR) is 137 cm³/mol. The van der Waals surface area contributed by atoms with Crippen molar-refractivity contribution in [3.8, 4) is 5.75 Å². The lowest BCUT2D eigenvalue weighted by molar-refractivity contribution is 0.0507. The normalized spacial score (nSPS) is 17.2. The number of nitrogens with zero attached hydrogens (tertiary/aromatic N) is 2. The maximum absolute atomic E-state index is 14.1. The zero-order valence-electron chi connectivity index (χ0n) is 19.8. The van der Waals surface area contributed by atoms with Crippen LogP contribution in [0.25, 0.3) is 10.9 Å². The van der Waals surface area contributed by atoms with Gasteiger partial charge in [-0.05, 0) is 74.7 Å². The molecule has 2 unspecified atom stereocenters. The van der Waals surface area contributed by atoms with Crippen molar-refractivity contribution in [2.24, 2.45) is 5.92 Å². The van der Waals surface area contributed by atoms with Crippen LogP contribution in [-0.4, -0.2) is 45.6 Å². The number of anilines is 3. The van der Waals surface area contributed by atoms with Gasteiger partial charge >= 0.3 is 0 Å². The summed E-state index contributed by atoms with van der Waals surface area (Å²) >= 11 is 0. The molecule has 0 radical (unpaired) electrons. The molecule has 7 nitrogen and oxygen atoms in total. The Morgan fingerprint density at radius 3 is 2.76 bits per heavy atom. The van der Waals surface area contributed by atoms with Crippen LogP contribution in [0.1, 0.15) is 31.7 Å². The molecule has 1 aliphatic heterocycles. The van der Waals surface area contributed by atoms with E-state index in [1.807, 2.05) is 26.0 Å². The van der Waals surface area contributed by atoms with Crippen LogP contribution in [0.5, 0.6) is 5.75 Å². The summed E-state index contributed by atoms with van der Waals surface area (Å²) < 4.78 is 40.7. The number of hydrogen-bond acceptors (Lipinski definition) is 6. The number of rotatable bonds is 8. The van der Waals surface area contributed by atoms with Crippen molar-refractivity contribution in [2.75, 3.05) is 29.5 Å². The predicted octanol–water partition coefficient (Wildman–Crippen LogP) is 5.08. The van der Waals surface area contributed by atoms with E-state index in [1.54, 1.807) is 12.3 Å². The molecule has 0 bridgehead atoms. The van der Waals surface area contributed by atoms with Crippen LogP contribution in [0.2, 0.25) is 0 Å². The second-order valence-electron chi connectivity index (χ2n) is 9.00. The third-order valence-corrected chi connectivity index (χ3v) is 6.47. The first-order valence-corrected chi connectivity index (χ1v) is 13.5. The maximum atomic E-state index is 14.1. The minimum absolute atomic E-state index is 0.0745. The molecular formula is C25H31FN4O3S. The summed E-state index contributed by atoms with van der Waals surface area (Å²) in [7, 11) is -2.42. The Bertz CT molecular complexity index is 1280. The maximum Gasteiger partial charge on any atom is 0.146 e. The van der Waals surface area contributed by atoms with Crippen LogP contribution >= 0.6 is 0 Å². The lowest BCUT2D eigenvalue weighted by Gasteiger charge is -2.26. The van der Waals surface area contributed by atoms with Crippen LogP contribution in [0.4, 0.5) is 21.6 Å². The summed E-state index contributed by atoms with van der Waals surface area (Å²) in [6.45, 7) is 5.51. The van der Waals surface area contributed by atoms with Crippen LogP contribution in [-0.2, 0) is 14.4 Å². The number of aromatic nitrogens is 2. The van der Waals surface area contributed by atoms with Gasteiger partial charge in [0.15, 0.2) is 0 Å². The molecule has 182 valence electrons. The van der Waals surface area contributed by atoms with Gasteiger partial charge in [0.05, 0.1) is 17.3 Å². The highest BCUT2D eigenvalue weighted by atomic mass is 32.2. The smallest absolute Gasteiger partial charge is 0.146 e. The van der Waals surface area contributed by atoms with Crippen LogP contribution in [0.15, 0.2) is 36.7 Å². The Morgan fingerprint density at radius 2 is 2.03 bits per heavy atom. The Kier molecular flexibility index (Phi) is 7.23. The summed E-state index contributed by atoms with van der Waals surface area (Å²) in [5.41, 5.74) is 2.87. The van der Waals surface area contributed by atoms with E-state index in [2.05, 4.69) is 25.9 Å². The van der Waals surface area contributed by atoms with Gasteiger partial charge in [0.1, 0.15) is 23.7 Å². The van der Waals surface area contributed by atoms with Gasteiger partial charge in [0.25, 0.3) is 0 Å². The minimum atomic E-state index is -2.42. The molecule has 1 aliphatic rings. The Morgan fingerprint density at radius 1 is 1.26 bits per heavy atom. The molecule has 3 aromatic rings. The molecule has 1 aromatic heterocycles. The van der Waals surface area contributed by atoms with E-state index in [0.29, 0.717) is 34.4 Å². The average molecular weight is 487 g/mol. The lowest BCUT2D eigenvalue weighted by Crippen LogP contribution is -2.23. The van der Waals surface area contributed by atoms with Crippen molar-refractivity contribution in [1.82, 2.24) is 9.97 Å². The number of benzene rings is 2. The Labute approximate surface area is 200 Å². The Hall–Kier alpha value is -2.91. The van der Waals surface area contributed by atoms with Crippen molar-refractivity contribution in [1.29, 1.82) is 0 Å². The average Bonchev–Trinajstić information content (AvgIpc) is 2.75. The second kappa shape index (κ2) is 10.1. The first-order chi connectivity index (χ1) is 16.2. The number of ether oxygens (including phenoxy) is 2. The van der Waals surface area contributed by atoms with E-state index in [-0.39, 0.29) is 11.9 Å². The van der Waals surface area contributed by atoms with Crippen LogP contribution < -0.4 is 14.8 Å². The molecule has 1 saturated heterocycles. The SMILES string of the molecule is C=S(C)(=O)Nc1cc(C)c2c(Nc3ccc(F)cc3OC(C)CC3CCOCC3)ncnc2c1. The highest BCUT2D eigenvalue weighted by Gasteiger charge is 2.19. The number of fused-ring (bicyclic) bond motifs is 1. The van der Waals surface area contributed by atoms with Gasteiger partial charge in [-0.15, -0.1) is 0 Å². The largest absolute Gasteiger partial charge is 0.488 e. The van der Waals surface area contributed by atoms with Gasteiger partial charge < -0.3 is 19.5 Å². The third kappa shape index (κ3) is 6.15. The molecule has 0 aliphatic carbocycles. The topological polar surface area (TPSA) is 85.4 Å². The molecule has 0 amide bonds. The van der Waals surface area contributed by atoms with Gasteiger partial charge in [0, 0.05) is 46.3 Å². The summed E-state index contributed by atoms with van der Waals surface area (Å²) in [4.78, 5) is 8.81. The van der Waals surface area contributed by atoms with Gasteiger partial charge in [-0.25, -0.2) is 18.6 Å². The highest BCUT2D eigenvalue weighted by Crippen LogP contribution is 2.34. The fourth-order valence-corrected chi connectivity index (χ4v) is 4.95. The van der Waals surface area contributed by atoms with Crippen LogP contribution in [0, 0.1) is 18.7 Å². The van der Waals surface area contributed by atoms with E-state index in [1.165, 1.54) is 18.5 Å². The van der Waals surface area contributed by atoms with Crippen molar-refractivity contribution in [3.63, 3.8) is 0 Å². The number of halogens is 1. The number of hydrogen-bond donors (Lipinski definition) is 2. The van der Waals surface area contributed by atoms with Gasteiger partial charge in [0.2, 0.25) is 0 Å². The fraction of sp³-hybridized carbons (Fsp3) is 0.400. The Balaban J connectivity index is 1.60. The first kappa shape index (κ1) is 24.2. The van der Waals surface area contributed by atoms with E-state index >= 15 is 0 Å². The zero-order valence-corrected chi connectivity index (χ0v) is 20.6. The summed E-state index contributed by atoms with van der Waals surface area (Å²) in [5.74, 6) is 4.84. The zero-order chi connectivity index (χ0) is 24.3. The molecule has 2 aromatic carbocycles. The monoisotopic (exact) mass is 486 g/mol. The van der Waals surface area contributed by atoms with E-state index in [4.69, 9.17) is 9.47 Å². The molecule has 0 spiro atoms. The molecule has 2 atom stereocenters. The number of aryl methyl sites for hydroxylation is 1. The molecule has 2 heterocycles. The van der Waals surface area contributed by atoms with E-state index in [0.717, 1.165) is 43.4 Å².